The fraction of sp³-hybridized carbons (Fsp3) is 0. The van der Waals surface area contributed by atoms with Crippen LogP contribution in [0.5, 0.6) is 0 Å². The zero-order valence-electron chi connectivity index (χ0n) is 31.1. The van der Waals surface area contributed by atoms with Crippen molar-refractivity contribution < 1.29 is 0 Å². The molecule has 0 atom stereocenters. The summed E-state index contributed by atoms with van der Waals surface area (Å²) in [7, 11) is 0. The standard InChI is InChI=1S/C54H36N2S/c1-4-18-37(19-5-1)39-34-35-41(38-20-6-2-7-21-38)51(36-39)56-48-30-14-11-26-46(48)53-49(31-17-32-50(53)56)55(40-22-8-3-9-23-40)47-29-13-10-24-42(47)44-27-16-28-45-43-25-12-15-33-52(43)57-54(44)45/h1-36H. The summed E-state index contributed by atoms with van der Waals surface area (Å²) in [5.41, 5.74) is 14.0. The Labute approximate surface area is 335 Å². The predicted molar refractivity (Wildman–Crippen MR) is 245 cm³/mol. The average molecular weight is 745 g/mol. The normalized spacial score (nSPS) is 11.5. The summed E-state index contributed by atoms with van der Waals surface area (Å²) in [6.07, 6.45) is 0. The SMILES string of the molecule is c1ccc(-c2ccc(-c3ccccc3)c(-n3c4ccccc4c4c(N(c5ccccc5)c5ccccc5-c5cccc6c5sc5ccccc56)cccc43)c2)cc1. The number of hydrogen-bond donors (Lipinski definition) is 0. The number of thiophene rings is 1. The monoisotopic (exact) mass is 744 g/mol. The molecule has 0 bridgehead atoms. The van der Waals surface area contributed by atoms with Gasteiger partial charge < -0.3 is 9.47 Å². The molecule has 57 heavy (non-hydrogen) atoms. The molecule has 2 nitrogen and oxygen atoms in total. The van der Waals surface area contributed by atoms with Gasteiger partial charge in [-0.3, -0.25) is 0 Å². The van der Waals surface area contributed by atoms with E-state index in [2.05, 4.69) is 228 Å². The molecule has 0 fully saturated rings. The van der Waals surface area contributed by atoms with E-state index in [9.17, 15) is 0 Å². The highest BCUT2D eigenvalue weighted by molar-refractivity contribution is 7.26. The van der Waals surface area contributed by atoms with Crippen LogP contribution in [0.25, 0.3) is 81.0 Å². The lowest BCUT2D eigenvalue weighted by molar-refractivity contribution is 1.18. The number of fused-ring (bicyclic) bond motifs is 6. The first-order valence-electron chi connectivity index (χ1n) is 19.4. The van der Waals surface area contributed by atoms with E-state index in [0.29, 0.717) is 0 Å². The second kappa shape index (κ2) is 13.8. The molecule has 0 aliphatic carbocycles. The molecule has 0 saturated carbocycles. The van der Waals surface area contributed by atoms with Gasteiger partial charge in [0.2, 0.25) is 0 Å². The molecule has 0 N–H and O–H groups in total. The molecule has 11 aromatic rings. The Morgan fingerprint density at radius 3 is 1.79 bits per heavy atom. The quantitative estimate of drug-likeness (QED) is 0.158. The molecule has 0 radical (unpaired) electrons. The topological polar surface area (TPSA) is 8.17 Å². The van der Waals surface area contributed by atoms with Gasteiger partial charge in [-0.15, -0.1) is 11.3 Å². The number of nitrogens with zero attached hydrogens (tertiary/aromatic N) is 2. The number of anilines is 3. The number of aromatic nitrogens is 1. The smallest absolute Gasteiger partial charge is 0.0562 e. The lowest BCUT2D eigenvalue weighted by Crippen LogP contribution is -2.11. The maximum Gasteiger partial charge on any atom is 0.0562 e. The predicted octanol–water partition coefficient (Wildman–Crippen LogP) is 15.6. The van der Waals surface area contributed by atoms with Crippen LogP contribution in [0, 0.1) is 0 Å². The molecule has 2 aromatic heterocycles. The molecule has 9 aromatic carbocycles. The number of benzene rings is 9. The maximum atomic E-state index is 2.48. The second-order valence-corrected chi connectivity index (χ2v) is 15.5. The fourth-order valence-corrected chi connectivity index (χ4v) is 9.91. The van der Waals surface area contributed by atoms with Crippen LogP contribution in [0.15, 0.2) is 218 Å². The fourth-order valence-electron chi connectivity index (χ4n) is 8.68. The first kappa shape index (κ1) is 33.2. The number of rotatable bonds is 7. The highest BCUT2D eigenvalue weighted by Crippen LogP contribution is 2.49. The maximum absolute atomic E-state index is 2.48. The van der Waals surface area contributed by atoms with Gasteiger partial charge in [0.1, 0.15) is 0 Å². The molecule has 0 unspecified atom stereocenters. The lowest BCUT2D eigenvalue weighted by Gasteiger charge is -2.29. The van der Waals surface area contributed by atoms with Gasteiger partial charge in [-0.2, -0.15) is 0 Å². The van der Waals surface area contributed by atoms with Crippen molar-refractivity contribution in [1.82, 2.24) is 4.57 Å². The number of para-hydroxylation sites is 3. The Balaban J connectivity index is 1.20. The third-order valence-electron chi connectivity index (χ3n) is 11.2. The van der Waals surface area contributed by atoms with Crippen molar-refractivity contribution in [3.8, 4) is 39.1 Å². The summed E-state index contributed by atoms with van der Waals surface area (Å²) in [5.74, 6) is 0. The number of hydrogen-bond acceptors (Lipinski definition) is 2. The first-order chi connectivity index (χ1) is 28.3. The minimum atomic E-state index is 1.11. The van der Waals surface area contributed by atoms with E-state index in [4.69, 9.17) is 0 Å². The van der Waals surface area contributed by atoms with E-state index < -0.39 is 0 Å². The Kier molecular flexibility index (Phi) is 8.04. The van der Waals surface area contributed by atoms with Crippen molar-refractivity contribution in [2.24, 2.45) is 0 Å². The van der Waals surface area contributed by atoms with E-state index in [1.54, 1.807) is 0 Å². The molecule has 0 aliphatic heterocycles. The molecule has 0 aliphatic rings. The zero-order valence-corrected chi connectivity index (χ0v) is 31.9. The molecule has 0 spiro atoms. The van der Waals surface area contributed by atoms with Crippen molar-refractivity contribution >= 4 is 70.4 Å². The first-order valence-corrected chi connectivity index (χ1v) is 20.3. The minimum absolute atomic E-state index is 1.11. The molecule has 0 saturated heterocycles. The molecular formula is C54H36N2S. The van der Waals surface area contributed by atoms with Crippen molar-refractivity contribution in [3.05, 3.63) is 218 Å². The van der Waals surface area contributed by atoms with Crippen LogP contribution >= 0.6 is 11.3 Å². The van der Waals surface area contributed by atoms with Crippen molar-refractivity contribution in [1.29, 1.82) is 0 Å². The van der Waals surface area contributed by atoms with Gasteiger partial charge in [0, 0.05) is 53.3 Å². The molecule has 11 rings (SSSR count). The van der Waals surface area contributed by atoms with Gasteiger partial charge in [-0.05, 0) is 65.2 Å². The zero-order chi connectivity index (χ0) is 37.7. The van der Waals surface area contributed by atoms with E-state index in [1.165, 1.54) is 69.8 Å². The van der Waals surface area contributed by atoms with Gasteiger partial charge in [0.25, 0.3) is 0 Å². The Morgan fingerprint density at radius 1 is 0.368 bits per heavy atom. The Bertz CT molecular complexity index is 3230. The Hall–Kier alpha value is -7.20. The summed E-state index contributed by atoms with van der Waals surface area (Å²) in [6, 6.07) is 79.4. The highest BCUT2D eigenvalue weighted by atomic mass is 32.1. The van der Waals surface area contributed by atoms with Crippen LogP contribution in [0.4, 0.5) is 17.1 Å². The second-order valence-electron chi connectivity index (χ2n) is 14.5. The van der Waals surface area contributed by atoms with Crippen LogP contribution in [-0.4, -0.2) is 4.57 Å². The van der Waals surface area contributed by atoms with E-state index >= 15 is 0 Å². The van der Waals surface area contributed by atoms with Gasteiger partial charge in [-0.1, -0.05) is 170 Å². The summed E-state index contributed by atoms with van der Waals surface area (Å²) in [5, 5.41) is 5.01. The van der Waals surface area contributed by atoms with E-state index in [-0.39, 0.29) is 0 Å². The summed E-state index contributed by atoms with van der Waals surface area (Å²) in [4.78, 5) is 2.47. The summed E-state index contributed by atoms with van der Waals surface area (Å²) in [6.45, 7) is 0. The highest BCUT2D eigenvalue weighted by Gasteiger charge is 2.24. The molecule has 3 heteroatoms. The minimum Gasteiger partial charge on any atom is -0.309 e. The molecule has 0 amide bonds. The van der Waals surface area contributed by atoms with Gasteiger partial charge in [0.15, 0.2) is 0 Å². The van der Waals surface area contributed by atoms with E-state index in [1.807, 2.05) is 11.3 Å². The Morgan fingerprint density at radius 2 is 0.965 bits per heavy atom. The summed E-state index contributed by atoms with van der Waals surface area (Å²) < 4.78 is 5.09. The van der Waals surface area contributed by atoms with Crippen LogP contribution in [0.2, 0.25) is 0 Å². The van der Waals surface area contributed by atoms with Crippen LogP contribution in [0.3, 0.4) is 0 Å². The average Bonchev–Trinajstić information content (AvgIpc) is 3.84. The van der Waals surface area contributed by atoms with Crippen LogP contribution in [0.1, 0.15) is 0 Å². The third-order valence-corrected chi connectivity index (χ3v) is 12.4. The molecular weight excluding hydrogens is 709 g/mol. The van der Waals surface area contributed by atoms with Crippen molar-refractivity contribution in [3.63, 3.8) is 0 Å². The molecule has 268 valence electrons. The van der Waals surface area contributed by atoms with Crippen molar-refractivity contribution in [2.75, 3.05) is 4.90 Å². The van der Waals surface area contributed by atoms with Crippen LogP contribution in [-0.2, 0) is 0 Å². The largest absolute Gasteiger partial charge is 0.309 e. The van der Waals surface area contributed by atoms with Gasteiger partial charge >= 0.3 is 0 Å². The van der Waals surface area contributed by atoms with Gasteiger partial charge in [-0.25, -0.2) is 0 Å². The third kappa shape index (κ3) is 5.55. The van der Waals surface area contributed by atoms with E-state index in [0.717, 1.165) is 28.3 Å². The lowest BCUT2D eigenvalue weighted by atomic mass is 9.98. The van der Waals surface area contributed by atoms with Crippen molar-refractivity contribution in [2.45, 2.75) is 0 Å². The summed E-state index contributed by atoms with van der Waals surface area (Å²) >= 11 is 1.88. The van der Waals surface area contributed by atoms with Gasteiger partial charge in [0.05, 0.1) is 28.1 Å². The molecule has 2 heterocycles. The van der Waals surface area contributed by atoms with Crippen LogP contribution < -0.4 is 4.90 Å².